The van der Waals surface area contributed by atoms with Crippen molar-refractivity contribution in [1.82, 2.24) is 18.9 Å². The first kappa shape index (κ1) is 33.3. The van der Waals surface area contributed by atoms with Crippen molar-refractivity contribution in [3.63, 3.8) is 0 Å². The van der Waals surface area contributed by atoms with Gasteiger partial charge in [0.25, 0.3) is 0 Å². The van der Waals surface area contributed by atoms with E-state index in [1.54, 1.807) is 0 Å². The van der Waals surface area contributed by atoms with Crippen LogP contribution in [0.25, 0.3) is 111 Å². The smallest absolute Gasteiger partial charge is 0.145 e. The number of pyridine rings is 2. The summed E-state index contributed by atoms with van der Waals surface area (Å²) >= 11 is 0. The van der Waals surface area contributed by atoms with Gasteiger partial charge in [0, 0.05) is 49.0 Å². The predicted molar refractivity (Wildman–Crippen MR) is 246 cm³/mol. The molecule has 0 radical (unpaired) electrons. The summed E-state index contributed by atoms with van der Waals surface area (Å²) in [5.41, 5.74) is 15.2. The minimum absolute atomic E-state index is 0.923. The molecule has 0 aliphatic carbocycles. The molecular formula is C55H36N4. The number of aromatic nitrogens is 4. The lowest BCUT2D eigenvalue weighted by Gasteiger charge is -2.20. The molecule has 59 heavy (non-hydrogen) atoms. The predicted octanol–water partition coefficient (Wildman–Crippen LogP) is 14.3. The van der Waals surface area contributed by atoms with Crippen LogP contribution >= 0.6 is 0 Å². The van der Waals surface area contributed by atoms with Crippen LogP contribution in [0, 0.1) is 6.92 Å². The molecule has 12 aromatic rings. The Morgan fingerprint density at radius 2 is 0.932 bits per heavy atom. The molecule has 0 saturated heterocycles. The van der Waals surface area contributed by atoms with Gasteiger partial charge >= 0.3 is 0 Å². The molecule has 0 amide bonds. The van der Waals surface area contributed by atoms with Crippen molar-refractivity contribution in [3.8, 4) is 50.7 Å². The number of nitrogens with zero attached hydrogens (tertiary/aromatic N) is 4. The lowest BCUT2D eigenvalue weighted by Crippen LogP contribution is -2.04. The summed E-state index contributed by atoms with van der Waals surface area (Å²) in [7, 11) is 0. The Morgan fingerprint density at radius 1 is 0.373 bits per heavy atom. The summed E-state index contributed by atoms with van der Waals surface area (Å²) in [6.07, 6.45) is 0. The Morgan fingerprint density at radius 3 is 1.64 bits per heavy atom. The Kier molecular flexibility index (Phi) is 7.41. The first-order valence-electron chi connectivity index (χ1n) is 20.2. The highest BCUT2D eigenvalue weighted by molar-refractivity contribution is 6.29. The summed E-state index contributed by atoms with van der Waals surface area (Å²) in [4.78, 5) is 11.0. The second-order valence-corrected chi connectivity index (χ2v) is 15.4. The van der Waals surface area contributed by atoms with E-state index >= 15 is 0 Å². The summed E-state index contributed by atoms with van der Waals surface area (Å²) in [6.45, 7) is 2.27. The molecule has 4 aromatic heterocycles. The summed E-state index contributed by atoms with van der Waals surface area (Å²) in [6, 6.07) is 71.6. The van der Waals surface area contributed by atoms with Gasteiger partial charge in [0.15, 0.2) is 0 Å². The average molecular weight is 753 g/mol. The fourth-order valence-corrected chi connectivity index (χ4v) is 9.42. The molecular weight excluding hydrogens is 717 g/mol. The molecule has 0 aliphatic heterocycles. The van der Waals surface area contributed by atoms with Gasteiger partial charge in [0.05, 0.1) is 44.7 Å². The van der Waals surface area contributed by atoms with Crippen molar-refractivity contribution in [1.29, 1.82) is 0 Å². The molecule has 0 unspecified atom stereocenters. The van der Waals surface area contributed by atoms with Gasteiger partial charge in [-0.25, -0.2) is 9.97 Å². The van der Waals surface area contributed by atoms with E-state index < -0.39 is 0 Å². The fraction of sp³-hybridized carbons (Fsp3) is 0.0182. The van der Waals surface area contributed by atoms with Gasteiger partial charge in [-0.1, -0.05) is 182 Å². The number of fused-ring (bicyclic) bond motifs is 11. The molecule has 0 spiro atoms. The molecule has 0 atom stereocenters. The van der Waals surface area contributed by atoms with Gasteiger partial charge < -0.3 is 4.57 Å². The van der Waals surface area contributed by atoms with Crippen LogP contribution in [-0.4, -0.2) is 18.9 Å². The SMILES string of the molecule is Cc1c(-n2c3cc(-c4ccccc4)ccc3c3ccc4c(c5ccccc5n5c(-c6ccccc6)nc(-c6ccccc6)c45)c32)c(-c2ccccc2)nc2ccccc12. The molecule has 4 heterocycles. The third kappa shape index (κ3) is 5.03. The molecule has 0 N–H and O–H groups in total. The summed E-state index contributed by atoms with van der Waals surface area (Å²) in [5.74, 6) is 0.923. The Bertz CT molecular complexity index is 3590. The minimum atomic E-state index is 0.923. The quantitative estimate of drug-likeness (QED) is 0.164. The molecule has 0 bridgehead atoms. The van der Waals surface area contributed by atoms with Gasteiger partial charge in [0.1, 0.15) is 5.82 Å². The van der Waals surface area contributed by atoms with Crippen LogP contribution in [0.4, 0.5) is 0 Å². The highest BCUT2D eigenvalue weighted by atomic mass is 15.0. The van der Waals surface area contributed by atoms with E-state index in [0.717, 1.165) is 83.3 Å². The number of para-hydroxylation sites is 2. The molecule has 276 valence electrons. The first-order chi connectivity index (χ1) is 29.2. The third-order valence-corrected chi connectivity index (χ3v) is 12.1. The van der Waals surface area contributed by atoms with Gasteiger partial charge in [-0.3, -0.25) is 4.40 Å². The van der Waals surface area contributed by atoms with Gasteiger partial charge in [-0.2, -0.15) is 0 Å². The number of hydrogen-bond acceptors (Lipinski definition) is 2. The van der Waals surface area contributed by atoms with Crippen molar-refractivity contribution < 1.29 is 0 Å². The van der Waals surface area contributed by atoms with E-state index in [0.29, 0.717) is 0 Å². The largest absolute Gasteiger partial charge is 0.306 e. The van der Waals surface area contributed by atoms with Gasteiger partial charge in [-0.15, -0.1) is 0 Å². The zero-order valence-electron chi connectivity index (χ0n) is 32.3. The monoisotopic (exact) mass is 752 g/mol. The maximum Gasteiger partial charge on any atom is 0.145 e. The number of benzene rings is 8. The first-order valence-corrected chi connectivity index (χ1v) is 20.2. The fourth-order valence-electron chi connectivity index (χ4n) is 9.42. The van der Waals surface area contributed by atoms with Crippen LogP contribution < -0.4 is 0 Å². The maximum atomic E-state index is 5.53. The minimum Gasteiger partial charge on any atom is -0.306 e. The summed E-state index contributed by atoms with van der Waals surface area (Å²) in [5, 5.41) is 7.01. The lowest BCUT2D eigenvalue weighted by atomic mass is 9.98. The molecule has 0 aliphatic rings. The van der Waals surface area contributed by atoms with Crippen LogP contribution in [0.1, 0.15) is 5.56 Å². The van der Waals surface area contributed by atoms with E-state index in [2.05, 4.69) is 216 Å². The standard InChI is InChI=1S/C55H36N4/c1-35-41-26-14-16-28-46(41)56-50(37-20-8-3-9-21-37)52(35)58-48-34-40(36-18-6-2-7-19-36)30-31-42(48)43-32-33-45-49(53(43)58)44-27-15-17-29-47(44)59-54(45)51(38-22-10-4-11-23-38)57-55(59)39-24-12-5-13-25-39/h2-34H,1H3. The van der Waals surface area contributed by atoms with Crippen LogP contribution in [0.15, 0.2) is 200 Å². The van der Waals surface area contributed by atoms with Crippen LogP contribution in [-0.2, 0) is 0 Å². The third-order valence-electron chi connectivity index (χ3n) is 12.1. The zero-order valence-corrected chi connectivity index (χ0v) is 32.3. The maximum absolute atomic E-state index is 5.53. The summed E-state index contributed by atoms with van der Waals surface area (Å²) < 4.78 is 4.93. The van der Waals surface area contributed by atoms with Crippen molar-refractivity contribution >= 4 is 59.9 Å². The second kappa shape index (κ2) is 13.1. The number of aryl methyl sites for hydroxylation is 1. The highest BCUT2D eigenvalue weighted by Crippen LogP contribution is 2.47. The van der Waals surface area contributed by atoms with E-state index in [9.17, 15) is 0 Å². The molecule has 8 aromatic carbocycles. The molecule has 0 fully saturated rings. The van der Waals surface area contributed by atoms with Crippen LogP contribution in [0.5, 0.6) is 0 Å². The average Bonchev–Trinajstić information content (AvgIpc) is 3.87. The van der Waals surface area contributed by atoms with Crippen molar-refractivity contribution in [2.45, 2.75) is 6.92 Å². The lowest BCUT2D eigenvalue weighted by molar-refractivity contribution is 1.14. The van der Waals surface area contributed by atoms with Crippen LogP contribution in [0.3, 0.4) is 0 Å². The van der Waals surface area contributed by atoms with Crippen LogP contribution in [0.2, 0.25) is 0 Å². The van der Waals surface area contributed by atoms with E-state index in [4.69, 9.17) is 9.97 Å². The van der Waals surface area contributed by atoms with E-state index in [1.807, 2.05) is 0 Å². The van der Waals surface area contributed by atoms with E-state index in [1.165, 1.54) is 32.8 Å². The molecule has 4 heteroatoms. The van der Waals surface area contributed by atoms with Crippen molar-refractivity contribution in [2.24, 2.45) is 0 Å². The number of imidazole rings is 1. The second-order valence-electron chi connectivity index (χ2n) is 15.4. The number of rotatable bonds is 5. The Labute approximate surface area is 340 Å². The zero-order chi connectivity index (χ0) is 39.0. The highest BCUT2D eigenvalue weighted by Gasteiger charge is 2.26. The molecule has 4 nitrogen and oxygen atoms in total. The Balaban J connectivity index is 1.34. The van der Waals surface area contributed by atoms with Crippen molar-refractivity contribution in [2.75, 3.05) is 0 Å². The normalized spacial score (nSPS) is 11.8. The number of hydrogen-bond donors (Lipinski definition) is 0. The topological polar surface area (TPSA) is 35.1 Å². The van der Waals surface area contributed by atoms with Gasteiger partial charge in [0.2, 0.25) is 0 Å². The molecule has 12 rings (SSSR count). The van der Waals surface area contributed by atoms with E-state index in [-0.39, 0.29) is 0 Å². The molecule has 0 saturated carbocycles. The van der Waals surface area contributed by atoms with Gasteiger partial charge in [-0.05, 0) is 41.8 Å². The Hall–Kier alpha value is -7.82. The van der Waals surface area contributed by atoms with Crippen molar-refractivity contribution in [3.05, 3.63) is 206 Å².